The highest BCUT2D eigenvalue weighted by molar-refractivity contribution is 5.78. The topological polar surface area (TPSA) is 41.6 Å². The zero-order valence-corrected chi connectivity index (χ0v) is 17.5. The molecule has 1 amide bonds. The molecule has 3 rings (SSSR count). The molecule has 0 unspecified atom stereocenters. The van der Waals surface area contributed by atoms with Gasteiger partial charge < -0.3 is 15.0 Å². The third-order valence-corrected chi connectivity index (χ3v) is 5.64. The molecule has 0 radical (unpaired) electrons. The number of piperidine rings is 1. The predicted molar refractivity (Wildman–Crippen MR) is 115 cm³/mol. The fourth-order valence-electron chi connectivity index (χ4n) is 3.72. The Bertz CT molecular complexity index is 801. The Balaban J connectivity index is 1.51. The maximum absolute atomic E-state index is 12.3. The van der Waals surface area contributed by atoms with E-state index in [1.807, 2.05) is 32.0 Å². The number of nitrogens with zero attached hydrogens (tertiary/aromatic N) is 1. The van der Waals surface area contributed by atoms with Crippen LogP contribution in [0.25, 0.3) is 0 Å². The lowest BCUT2D eigenvalue weighted by atomic mass is 9.99. The van der Waals surface area contributed by atoms with Gasteiger partial charge in [-0.15, -0.1) is 0 Å². The van der Waals surface area contributed by atoms with E-state index in [4.69, 9.17) is 4.74 Å². The van der Waals surface area contributed by atoms with Crippen molar-refractivity contribution in [2.75, 3.05) is 24.6 Å². The van der Waals surface area contributed by atoms with Crippen LogP contribution in [0.2, 0.25) is 0 Å². The average molecular weight is 381 g/mol. The fraction of sp³-hybridized carbons (Fsp3) is 0.458. The Labute approximate surface area is 168 Å². The van der Waals surface area contributed by atoms with Crippen molar-refractivity contribution in [3.63, 3.8) is 0 Å². The molecular weight excluding hydrogens is 348 g/mol. The maximum Gasteiger partial charge on any atom is 0.258 e. The first-order chi connectivity index (χ1) is 13.4. The van der Waals surface area contributed by atoms with Gasteiger partial charge in [-0.3, -0.25) is 4.79 Å². The van der Waals surface area contributed by atoms with Gasteiger partial charge in [-0.2, -0.15) is 0 Å². The molecule has 2 aromatic carbocycles. The summed E-state index contributed by atoms with van der Waals surface area (Å²) in [7, 11) is 0. The molecule has 2 aromatic rings. The van der Waals surface area contributed by atoms with Gasteiger partial charge in [-0.1, -0.05) is 25.1 Å². The van der Waals surface area contributed by atoms with Crippen LogP contribution >= 0.6 is 0 Å². The quantitative estimate of drug-likeness (QED) is 0.783. The summed E-state index contributed by atoms with van der Waals surface area (Å²) < 4.78 is 5.63. The summed E-state index contributed by atoms with van der Waals surface area (Å²) >= 11 is 0. The Kier molecular flexibility index (Phi) is 6.61. The van der Waals surface area contributed by atoms with Crippen molar-refractivity contribution in [1.82, 2.24) is 5.32 Å². The van der Waals surface area contributed by atoms with E-state index in [9.17, 15) is 4.79 Å². The number of ether oxygens (including phenoxy) is 1. The molecule has 0 saturated carbocycles. The lowest BCUT2D eigenvalue weighted by Gasteiger charge is -2.33. The molecule has 1 aliphatic rings. The number of nitrogens with one attached hydrogen (secondary N) is 1. The van der Waals surface area contributed by atoms with Crippen molar-refractivity contribution in [2.24, 2.45) is 5.92 Å². The average Bonchev–Trinajstić information content (AvgIpc) is 2.69. The van der Waals surface area contributed by atoms with Crippen molar-refractivity contribution >= 4 is 11.6 Å². The first kappa shape index (κ1) is 20.2. The lowest BCUT2D eigenvalue weighted by molar-refractivity contribution is -0.123. The van der Waals surface area contributed by atoms with Gasteiger partial charge in [0.05, 0.1) is 6.04 Å². The third kappa shape index (κ3) is 5.28. The van der Waals surface area contributed by atoms with E-state index in [1.165, 1.54) is 24.1 Å². The second-order valence-electron chi connectivity index (χ2n) is 8.11. The Morgan fingerprint density at radius 2 is 1.93 bits per heavy atom. The number of rotatable bonds is 6. The zero-order chi connectivity index (χ0) is 20.1. The van der Waals surface area contributed by atoms with E-state index >= 15 is 0 Å². The molecule has 4 heteroatoms. The summed E-state index contributed by atoms with van der Waals surface area (Å²) in [5.41, 5.74) is 4.75. The van der Waals surface area contributed by atoms with E-state index < -0.39 is 0 Å². The Hall–Kier alpha value is -2.49. The summed E-state index contributed by atoms with van der Waals surface area (Å²) in [6, 6.07) is 14.4. The largest absolute Gasteiger partial charge is 0.484 e. The van der Waals surface area contributed by atoms with Crippen LogP contribution in [0.3, 0.4) is 0 Å². The van der Waals surface area contributed by atoms with E-state index in [1.54, 1.807) is 0 Å². The minimum atomic E-state index is -0.111. The highest BCUT2D eigenvalue weighted by Crippen LogP contribution is 2.24. The van der Waals surface area contributed by atoms with Crippen LogP contribution in [0.1, 0.15) is 49.4 Å². The standard InChI is InChI=1S/C24H32N2O2/c1-17-6-5-13-26(15-17)22-10-8-21(9-11-22)20(4)25-24(27)16-28-23-12-7-18(2)19(3)14-23/h7-12,14,17,20H,5-6,13,15-16H2,1-4H3,(H,25,27)/t17-,20-/m1/s1. The molecule has 1 heterocycles. The van der Waals surface area contributed by atoms with Gasteiger partial charge >= 0.3 is 0 Å². The summed E-state index contributed by atoms with van der Waals surface area (Å²) in [5.74, 6) is 1.37. The molecule has 0 spiro atoms. The highest BCUT2D eigenvalue weighted by atomic mass is 16.5. The number of carbonyl (C=O) groups excluding carboxylic acids is 1. The van der Waals surface area contributed by atoms with Crippen LogP contribution in [-0.2, 0) is 4.79 Å². The number of benzene rings is 2. The van der Waals surface area contributed by atoms with E-state index in [2.05, 4.69) is 48.3 Å². The summed E-state index contributed by atoms with van der Waals surface area (Å²) in [4.78, 5) is 14.7. The summed E-state index contributed by atoms with van der Waals surface area (Å²) in [6.07, 6.45) is 2.58. The van der Waals surface area contributed by atoms with Gasteiger partial charge in [0.15, 0.2) is 6.61 Å². The second kappa shape index (κ2) is 9.13. The van der Waals surface area contributed by atoms with Gasteiger partial charge in [0, 0.05) is 18.8 Å². The van der Waals surface area contributed by atoms with Crippen LogP contribution in [0.5, 0.6) is 5.75 Å². The minimum absolute atomic E-state index is 0.0244. The molecule has 1 saturated heterocycles. The predicted octanol–water partition coefficient (Wildman–Crippen LogP) is 4.80. The molecule has 150 valence electrons. The van der Waals surface area contributed by atoms with Crippen molar-refractivity contribution in [3.8, 4) is 5.75 Å². The Morgan fingerprint density at radius 3 is 2.61 bits per heavy atom. The third-order valence-electron chi connectivity index (χ3n) is 5.64. The van der Waals surface area contributed by atoms with E-state index in [0.717, 1.165) is 35.9 Å². The molecule has 2 atom stereocenters. The van der Waals surface area contributed by atoms with Crippen LogP contribution in [-0.4, -0.2) is 25.6 Å². The van der Waals surface area contributed by atoms with E-state index in [-0.39, 0.29) is 18.6 Å². The first-order valence-electron chi connectivity index (χ1n) is 10.3. The molecular formula is C24H32N2O2. The minimum Gasteiger partial charge on any atom is -0.484 e. The molecule has 4 nitrogen and oxygen atoms in total. The Morgan fingerprint density at radius 1 is 1.18 bits per heavy atom. The number of hydrogen-bond acceptors (Lipinski definition) is 3. The first-order valence-corrected chi connectivity index (χ1v) is 10.3. The monoisotopic (exact) mass is 380 g/mol. The second-order valence-corrected chi connectivity index (χ2v) is 8.11. The van der Waals surface area contributed by atoms with Crippen LogP contribution < -0.4 is 15.0 Å². The lowest BCUT2D eigenvalue weighted by Crippen LogP contribution is -2.34. The normalized spacial score (nSPS) is 17.9. The molecule has 0 aromatic heterocycles. The van der Waals surface area contributed by atoms with E-state index in [0.29, 0.717) is 0 Å². The SMILES string of the molecule is Cc1ccc(OCC(=O)N[C@H](C)c2ccc(N3CCC[C@@H](C)C3)cc2)cc1C. The number of aryl methyl sites for hydroxylation is 2. The number of carbonyl (C=O) groups is 1. The van der Waals surface area contributed by atoms with Crippen LogP contribution in [0.15, 0.2) is 42.5 Å². The molecule has 28 heavy (non-hydrogen) atoms. The summed E-state index contributed by atoms with van der Waals surface area (Å²) in [6.45, 7) is 10.7. The maximum atomic E-state index is 12.3. The van der Waals surface area contributed by atoms with Crippen molar-refractivity contribution in [3.05, 3.63) is 59.2 Å². The van der Waals surface area contributed by atoms with Gasteiger partial charge in [0.25, 0.3) is 5.91 Å². The van der Waals surface area contributed by atoms with Crippen molar-refractivity contribution < 1.29 is 9.53 Å². The van der Waals surface area contributed by atoms with Gasteiger partial charge in [0.2, 0.25) is 0 Å². The van der Waals surface area contributed by atoms with Crippen LogP contribution in [0, 0.1) is 19.8 Å². The number of hydrogen-bond donors (Lipinski definition) is 1. The molecule has 1 N–H and O–H groups in total. The number of amides is 1. The van der Waals surface area contributed by atoms with Crippen molar-refractivity contribution in [1.29, 1.82) is 0 Å². The summed E-state index contributed by atoms with van der Waals surface area (Å²) in [5, 5.41) is 3.02. The highest BCUT2D eigenvalue weighted by Gasteiger charge is 2.17. The van der Waals surface area contributed by atoms with Gasteiger partial charge in [0.1, 0.15) is 5.75 Å². The van der Waals surface area contributed by atoms with Crippen molar-refractivity contribution in [2.45, 2.75) is 46.6 Å². The molecule has 1 fully saturated rings. The fourth-order valence-corrected chi connectivity index (χ4v) is 3.72. The molecule has 0 aliphatic carbocycles. The molecule has 0 bridgehead atoms. The zero-order valence-electron chi connectivity index (χ0n) is 17.5. The van der Waals surface area contributed by atoms with Crippen LogP contribution in [0.4, 0.5) is 5.69 Å². The molecule has 1 aliphatic heterocycles. The number of anilines is 1. The van der Waals surface area contributed by atoms with Gasteiger partial charge in [-0.25, -0.2) is 0 Å². The van der Waals surface area contributed by atoms with Gasteiger partial charge in [-0.05, 0) is 80.5 Å². The smallest absolute Gasteiger partial charge is 0.258 e.